The number of aromatic nitrogens is 2. The van der Waals surface area contributed by atoms with Gasteiger partial charge in [-0.05, 0) is 30.4 Å². The number of ether oxygens (including phenoxy) is 1. The number of carbonyl (C=O) groups is 1. The highest BCUT2D eigenvalue weighted by Crippen LogP contribution is 2.28. The van der Waals surface area contributed by atoms with Crippen molar-refractivity contribution < 1.29 is 19.7 Å². The average molecular weight is 431 g/mol. The number of aromatic amines is 1. The van der Waals surface area contributed by atoms with Gasteiger partial charge in [-0.15, -0.1) is 0 Å². The summed E-state index contributed by atoms with van der Waals surface area (Å²) in [4.78, 5) is 37.8. The van der Waals surface area contributed by atoms with E-state index >= 15 is 0 Å². The Morgan fingerprint density at radius 2 is 1.81 bits per heavy atom. The average Bonchev–Trinajstić information content (AvgIpc) is 3.00. The summed E-state index contributed by atoms with van der Waals surface area (Å²) in [7, 11) is 0. The van der Waals surface area contributed by atoms with Gasteiger partial charge in [0.1, 0.15) is 18.3 Å². The summed E-state index contributed by atoms with van der Waals surface area (Å²) >= 11 is 0. The van der Waals surface area contributed by atoms with Crippen molar-refractivity contribution in [3.63, 3.8) is 0 Å². The van der Waals surface area contributed by atoms with E-state index in [0.29, 0.717) is 5.92 Å². The minimum atomic E-state index is -1.39. The highest BCUT2D eigenvalue weighted by atomic mass is 16.6. The molecule has 0 aliphatic carbocycles. The Kier molecular flexibility index (Phi) is 7.09. The summed E-state index contributed by atoms with van der Waals surface area (Å²) in [5.74, 6) is -0.101. The molecule has 168 valence electrons. The van der Waals surface area contributed by atoms with Crippen molar-refractivity contribution in [1.29, 1.82) is 0 Å². The molecular formula is C22H29N3O6. The highest BCUT2D eigenvalue weighted by molar-refractivity contribution is 5.83. The molecule has 2 heterocycles. The molecule has 0 spiro atoms. The largest absolute Gasteiger partial charge is 0.387 e. The highest BCUT2D eigenvalue weighted by Gasteiger charge is 2.44. The van der Waals surface area contributed by atoms with Crippen molar-refractivity contribution in [2.24, 2.45) is 5.92 Å². The van der Waals surface area contributed by atoms with E-state index in [1.54, 1.807) is 6.92 Å². The van der Waals surface area contributed by atoms with Crippen LogP contribution in [0.4, 0.5) is 0 Å². The number of nitrogens with one attached hydrogen (secondary N) is 2. The van der Waals surface area contributed by atoms with Gasteiger partial charge >= 0.3 is 5.69 Å². The Morgan fingerprint density at radius 1 is 1.13 bits per heavy atom. The fourth-order valence-electron chi connectivity index (χ4n) is 3.67. The molecule has 1 saturated heterocycles. The number of rotatable bonds is 7. The van der Waals surface area contributed by atoms with Crippen molar-refractivity contribution in [2.75, 3.05) is 6.54 Å². The van der Waals surface area contributed by atoms with E-state index in [9.17, 15) is 24.6 Å². The SMILES string of the molecule is CC(C)Cc1ccc(C(C)C(=O)NC[C@H]2O[C@@H](n3ccc(=O)[nH]c3=O)[C@@H](O)[C@@H]2O)cc1. The lowest BCUT2D eigenvalue weighted by Gasteiger charge is -2.18. The van der Waals surface area contributed by atoms with Gasteiger partial charge in [-0.1, -0.05) is 38.1 Å². The van der Waals surface area contributed by atoms with Crippen LogP contribution >= 0.6 is 0 Å². The van der Waals surface area contributed by atoms with E-state index in [0.717, 1.165) is 22.6 Å². The standard InChI is InChI=1S/C22H29N3O6/c1-12(2)10-14-4-6-15(7-5-14)13(3)20(29)23-11-16-18(27)19(28)21(31-16)25-9-8-17(26)24-22(25)30/h4-9,12-13,16,18-19,21,27-28H,10-11H2,1-3H3,(H,23,29)(H,24,26,30)/t13?,16-,18-,19+,21-/m1/s1. The first-order chi connectivity index (χ1) is 14.7. The van der Waals surface area contributed by atoms with Crippen LogP contribution in [-0.4, -0.2) is 50.5 Å². The quantitative estimate of drug-likeness (QED) is 0.497. The number of hydrogen-bond acceptors (Lipinski definition) is 6. The molecule has 1 amide bonds. The normalized spacial score (nSPS) is 24.3. The molecule has 3 rings (SSSR count). The van der Waals surface area contributed by atoms with E-state index in [1.807, 2.05) is 24.3 Å². The lowest BCUT2D eigenvalue weighted by atomic mass is 9.96. The zero-order valence-electron chi connectivity index (χ0n) is 17.8. The molecule has 9 heteroatoms. The molecule has 1 aliphatic rings. The van der Waals surface area contributed by atoms with Gasteiger partial charge in [0.15, 0.2) is 6.23 Å². The molecule has 5 atom stereocenters. The van der Waals surface area contributed by atoms with Crippen molar-refractivity contribution in [2.45, 2.75) is 57.6 Å². The number of hydrogen-bond donors (Lipinski definition) is 4. The van der Waals surface area contributed by atoms with Gasteiger partial charge in [-0.2, -0.15) is 0 Å². The molecule has 0 saturated carbocycles. The zero-order valence-corrected chi connectivity index (χ0v) is 17.8. The van der Waals surface area contributed by atoms with Crippen LogP contribution in [-0.2, 0) is 16.0 Å². The number of benzene rings is 1. The number of aliphatic hydroxyl groups is 2. The predicted octanol–water partition coefficient (Wildman–Crippen LogP) is 0.274. The minimum Gasteiger partial charge on any atom is -0.387 e. The second-order valence-electron chi connectivity index (χ2n) is 8.37. The summed E-state index contributed by atoms with van der Waals surface area (Å²) in [6, 6.07) is 9.03. The zero-order chi connectivity index (χ0) is 22.7. The molecule has 31 heavy (non-hydrogen) atoms. The summed E-state index contributed by atoms with van der Waals surface area (Å²) in [5.41, 5.74) is 0.745. The first-order valence-corrected chi connectivity index (χ1v) is 10.4. The third-order valence-corrected chi connectivity index (χ3v) is 5.46. The van der Waals surface area contributed by atoms with E-state index in [4.69, 9.17) is 4.74 Å². The Labute approximate surface area is 179 Å². The van der Waals surface area contributed by atoms with Gasteiger partial charge in [0.25, 0.3) is 5.56 Å². The van der Waals surface area contributed by atoms with Crippen LogP contribution in [0.1, 0.15) is 44.0 Å². The first-order valence-electron chi connectivity index (χ1n) is 10.4. The van der Waals surface area contributed by atoms with Gasteiger partial charge in [0.2, 0.25) is 5.91 Å². The molecule has 0 radical (unpaired) electrons. The maximum absolute atomic E-state index is 12.6. The predicted molar refractivity (Wildman–Crippen MR) is 114 cm³/mol. The number of amides is 1. The smallest absolute Gasteiger partial charge is 0.330 e. The van der Waals surface area contributed by atoms with E-state index in [-0.39, 0.29) is 12.5 Å². The summed E-state index contributed by atoms with van der Waals surface area (Å²) in [5, 5.41) is 23.3. The molecule has 1 aliphatic heterocycles. The fraction of sp³-hybridized carbons (Fsp3) is 0.500. The second-order valence-corrected chi connectivity index (χ2v) is 8.37. The number of carbonyl (C=O) groups excluding carboxylic acids is 1. The molecule has 0 bridgehead atoms. The molecule has 2 aromatic rings. The van der Waals surface area contributed by atoms with E-state index in [2.05, 4.69) is 24.1 Å². The summed E-state index contributed by atoms with van der Waals surface area (Å²) in [6.45, 7) is 6.05. The van der Waals surface area contributed by atoms with Gasteiger partial charge in [-0.25, -0.2) is 4.79 Å². The third-order valence-electron chi connectivity index (χ3n) is 5.46. The van der Waals surface area contributed by atoms with Gasteiger partial charge in [0.05, 0.1) is 5.92 Å². The van der Waals surface area contributed by atoms with Crippen LogP contribution < -0.4 is 16.6 Å². The number of aliphatic hydroxyl groups excluding tert-OH is 2. The summed E-state index contributed by atoms with van der Waals surface area (Å²) in [6.07, 6.45) is -2.63. The Balaban J connectivity index is 1.60. The van der Waals surface area contributed by atoms with Gasteiger partial charge in [0, 0.05) is 18.8 Å². The molecule has 1 aromatic heterocycles. The van der Waals surface area contributed by atoms with Gasteiger partial charge in [-0.3, -0.25) is 19.1 Å². The lowest BCUT2D eigenvalue weighted by Crippen LogP contribution is -2.41. The van der Waals surface area contributed by atoms with Crippen molar-refractivity contribution in [3.8, 4) is 0 Å². The van der Waals surface area contributed by atoms with Crippen LogP contribution in [0.3, 0.4) is 0 Å². The molecule has 9 nitrogen and oxygen atoms in total. The van der Waals surface area contributed by atoms with Crippen molar-refractivity contribution in [1.82, 2.24) is 14.9 Å². The van der Waals surface area contributed by atoms with Crippen molar-refractivity contribution in [3.05, 3.63) is 68.5 Å². The maximum atomic E-state index is 12.6. The lowest BCUT2D eigenvalue weighted by molar-refractivity contribution is -0.123. The van der Waals surface area contributed by atoms with Crippen molar-refractivity contribution >= 4 is 5.91 Å². The van der Waals surface area contributed by atoms with Crippen LogP contribution in [0, 0.1) is 5.92 Å². The fourth-order valence-corrected chi connectivity index (χ4v) is 3.67. The molecule has 1 fully saturated rings. The monoisotopic (exact) mass is 431 g/mol. The van der Waals surface area contributed by atoms with Crippen LogP contribution in [0.5, 0.6) is 0 Å². The number of nitrogens with zero attached hydrogens (tertiary/aromatic N) is 1. The summed E-state index contributed by atoms with van der Waals surface area (Å²) < 4.78 is 6.61. The topological polar surface area (TPSA) is 134 Å². The van der Waals surface area contributed by atoms with Crippen LogP contribution in [0.2, 0.25) is 0 Å². The minimum absolute atomic E-state index is 0.0402. The molecular weight excluding hydrogens is 402 g/mol. The van der Waals surface area contributed by atoms with Crippen LogP contribution in [0.25, 0.3) is 0 Å². The second kappa shape index (κ2) is 9.59. The molecule has 1 unspecified atom stereocenters. The van der Waals surface area contributed by atoms with Gasteiger partial charge < -0.3 is 20.3 Å². The Hall–Kier alpha value is -2.75. The van der Waals surface area contributed by atoms with Crippen LogP contribution in [0.15, 0.2) is 46.1 Å². The Morgan fingerprint density at radius 3 is 2.42 bits per heavy atom. The first kappa shape index (κ1) is 22.9. The molecule has 1 aromatic carbocycles. The third kappa shape index (κ3) is 5.30. The van der Waals surface area contributed by atoms with E-state index < -0.39 is 41.7 Å². The molecule has 4 N–H and O–H groups in total. The number of H-pyrrole nitrogens is 1. The Bertz CT molecular complexity index is 1010. The van der Waals surface area contributed by atoms with E-state index in [1.165, 1.54) is 11.8 Å². The maximum Gasteiger partial charge on any atom is 0.330 e.